The van der Waals surface area contributed by atoms with E-state index in [-0.39, 0.29) is 12.8 Å². The molecule has 0 aromatic carbocycles. The number of aliphatic hydroxyl groups is 7. The predicted octanol–water partition coefficient (Wildman–Crippen LogP) is 13.2. The molecule has 1 rings (SSSR count). The van der Waals surface area contributed by atoms with E-state index in [2.05, 4.69) is 67.8 Å². The Hall–Kier alpha value is -1.93. The Kier molecular flexibility index (Phi) is 48.1. The van der Waals surface area contributed by atoms with Crippen molar-refractivity contribution in [1.29, 1.82) is 0 Å². The summed E-state index contributed by atoms with van der Waals surface area (Å²) in [5, 5.41) is 76.2. The van der Waals surface area contributed by atoms with Gasteiger partial charge in [0.05, 0.1) is 25.4 Å². The molecule has 0 aliphatic carbocycles. The quantitative estimate of drug-likeness (QED) is 0.0215. The summed E-state index contributed by atoms with van der Waals surface area (Å²) < 4.78 is 11.1. The van der Waals surface area contributed by atoms with Gasteiger partial charge in [0.15, 0.2) is 6.29 Å². The second kappa shape index (κ2) is 50.9. The van der Waals surface area contributed by atoms with Crippen molar-refractivity contribution in [2.45, 2.75) is 326 Å². The summed E-state index contributed by atoms with van der Waals surface area (Å²) in [6, 6.07) is -1.19. The molecule has 73 heavy (non-hydrogen) atoms. The molecule has 1 amide bonds. The minimum atomic E-state index is -1.67. The molecule has 8 N–H and O–H groups in total. The van der Waals surface area contributed by atoms with Gasteiger partial charge in [-0.3, -0.25) is 4.79 Å². The summed E-state index contributed by atoms with van der Waals surface area (Å²) in [5.74, 6) is -0.712. The van der Waals surface area contributed by atoms with Gasteiger partial charge in [-0.1, -0.05) is 236 Å². The number of amides is 1. The highest BCUT2D eigenvalue weighted by Crippen LogP contribution is 2.23. The molecule has 0 spiro atoms. The van der Waals surface area contributed by atoms with Crippen LogP contribution in [0.5, 0.6) is 0 Å². The van der Waals surface area contributed by atoms with Gasteiger partial charge in [-0.15, -0.1) is 0 Å². The molecule has 9 unspecified atom stereocenters. The largest absolute Gasteiger partial charge is 0.394 e. The molecule has 1 aliphatic rings. The third-order valence-corrected chi connectivity index (χ3v) is 14.6. The highest BCUT2D eigenvalue weighted by molar-refractivity contribution is 5.80. The molecule has 0 aromatic rings. The van der Waals surface area contributed by atoms with Crippen LogP contribution in [-0.4, -0.2) is 110 Å². The Bertz CT molecular complexity index is 1320. The molecule has 1 fully saturated rings. The first-order valence-corrected chi connectivity index (χ1v) is 30.5. The van der Waals surface area contributed by atoms with Crippen molar-refractivity contribution >= 4 is 5.91 Å². The van der Waals surface area contributed by atoms with E-state index < -0.39 is 74.2 Å². The van der Waals surface area contributed by atoms with Crippen molar-refractivity contribution in [3.63, 3.8) is 0 Å². The maximum atomic E-state index is 13.2. The molecule has 428 valence electrons. The van der Waals surface area contributed by atoms with Crippen molar-refractivity contribution in [3.05, 3.63) is 48.6 Å². The van der Waals surface area contributed by atoms with Gasteiger partial charge < -0.3 is 50.5 Å². The normalized spacial score (nSPS) is 20.3. The lowest BCUT2D eigenvalue weighted by Gasteiger charge is -2.40. The van der Waals surface area contributed by atoms with Gasteiger partial charge in [-0.05, 0) is 83.5 Å². The Morgan fingerprint density at radius 2 is 0.863 bits per heavy atom. The molecular formula is C62H115NO10. The lowest BCUT2D eigenvalue weighted by atomic mass is 9.98. The fraction of sp³-hybridized carbons (Fsp3) is 0.855. The van der Waals surface area contributed by atoms with Gasteiger partial charge in [0.1, 0.15) is 36.6 Å². The summed E-state index contributed by atoms with van der Waals surface area (Å²) >= 11 is 0. The van der Waals surface area contributed by atoms with Crippen molar-refractivity contribution in [3.8, 4) is 0 Å². The SMILES string of the molecule is CCCCCCCCCCC/C=C\C/C=C\CCCCCCCCCCCCC(O)C(=O)NC(COC1OC(CO)C(O)C(O)C1O)C(O)C(O)CCC/C=C/CC/C=C/CCCCCCCCCCCCC. The fourth-order valence-corrected chi connectivity index (χ4v) is 9.61. The summed E-state index contributed by atoms with van der Waals surface area (Å²) in [7, 11) is 0. The first-order chi connectivity index (χ1) is 35.7. The van der Waals surface area contributed by atoms with Crippen LogP contribution >= 0.6 is 0 Å². The van der Waals surface area contributed by atoms with Gasteiger partial charge in [-0.25, -0.2) is 0 Å². The molecule has 0 radical (unpaired) electrons. The summed E-state index contributed by atoms with van der Waals surface area (Å²) in [6.45, 7) is 3.46. The molecule has 0 aromatic heterocycles. The van der Waals surface area contributed by atoms with Crippen LogP contribution in [0.2, 0.25) is 0 Å². The zero-order valence-corrected chi connectivity index (χ0v) is 46.9. The lowest BCUT2D eigenvalue weighted by Crippen LogP contribution is -2.60. The Balaban J connectivity index is 2.31. The maximum absolute atomic E-state index is 13.2. The minimum Gasteiger partial charge on any atom is -0.394 e. The van der Waals surface area contributed by atoms with Gasteiger partial charge >= 0.3 is 0 Å². The van der Waals surface area contributed by atoms with Crippen molar-refractivity contribution in [2.75, 3.05) is 13.2 Å². The maximum Gasteiger partial charge on any atom is 0.249 e. The van der Waals surface area contributed by atoms with Crippen LogP contribution in [0.1, 0.15) is 271 Å². The third-order valence-electron chi connectivity index (χ3n) is 14.6. The number of ether oxygens (including phenoxy) is 2. The van der Waals surface area contributed by atoms with Crippen molar-refractivity contribution < 1.29 is 50.0 Å². The summed E-state index contributed by atoms with van der Waals surface area (Å²) in [5.41, 5.74) is 0. The van der Waals surface area contributed by atoms with Crippen molar-refractivity contribution in [2.24, 2.45) is 0 Å². The smallest absolute Gasteiger partial charge is 0.249 e. The number of rotatable bonds is 52. The number of hydrogen-bond donors (Lipinski definition) is 8. The van der Waals surface area contributed by atoms with Crippen LogP contribution < -0.4 is 5.32 Å². The van der Waals surface area contributed by atoms with Crippen molar-refractivity contribution in [1.82, 2.24) is 5.32 Å². The first-order valence-electron chi connectivity index (χ1n) is 30.5. The molecule has 1 aliphatic heterocycles. The van der Waals surface area contributed by atoms with Crippen LogP contribution in [0.15, 0.2) is 48.6 Å². The summed E-state index contributed by atoms with van der Waals surface area (Å²) in [6.07, 6.45) is 53.1. The summed E-state index contributed by atoms with van der Waals surface area (Å²) in [4.78, 5) is 13.2. The predicted molar refractivity (Wildman–Crippen MR) is 302 cm³/mol. The molecule has 11 nitrogen and oxygen atoms in total. The van der Waals surface area contributed by atoms with Crippen LogP contribution in [0.25, 0.3) is 0 Å². The number of allylic oxidation sites excluding steroid dienone is 8. The zero-order valence-electron chi connectivity index (χ0n) is 46.9. The van der Waals surface area contributed by atoms with Crippen LogP contribution in [0.3, 0.4) is 0 Å². The highest BCUT2D eigenvalue weighted by Gasteiger charge is 2.44. The van der Waals surface area contributed by atoms with E-state index in [1.54, 1.807) is 0 Å². The number of carbonyl (C=O) groups excluding carboxylic acids is 1. The number of carbonyl (C=O) groups is 1. The minimum absolute atomic E-state index is 0.245. The topological polar surface area (TPSA) is 189 Å². The average molecular weight is 1030 g/mol. The second-order valence-corrected chi connectivity index (χ2v) is 21.4. The van der Waals surface area contributed by atoms with E-state index in [0.717, 1.165) is 51.4 Å². The van der Waals surface area contributed by atoms with Crippen LogP contribution in [-0.2, 0) is 14.3 Å². The van der Waals surface area contributed by atoms with E-state index in [4.69, 9.17) is 9.47 Å². The van der Waals surface area contributed by atoms with Crippen LogP contribution in [0.4, 0.5) is 0 Å². The number of hydrogen-bond acceptors (Lipinski definition) is 10. The van der Waals surface area contributed by atoms with Gasteiger partial charge in [0.25, 0.3) is 0 Å². The standard InChI is InChI=1S/C62H115NO10/c1-3-5-7-9-11-13-15-17-19-21-23-25-26-27-28-29-30-32-34-36-38-40-42-44-46-48-50-55(66)61(71)63-53(52-72-62-60(70)59(69)58(68)56(51-64)73-62)57(67)54(65)49-47-45-43-41-39-37-35-33-31-24-22-20-18-16-14-12-10-8-6-4-2/h23,25,27-28,33,35,41,43,53-60,62,64-70H,3-22,24,26,29-32,34,36-40,42,44-52H2,1-2H3,(H,63,71)/b25-23-,28-27-,35-33+,43-41+. The van der Waals surface area contributed by atoms with Crippen LogP contribution in [0, 0.1) is 0 Å². The van der Waals surface area contributed by atoms with E-state index >= 15 is 0 Å². The highest BCUT2D eigenvalue weighted by atomic mass is 16.7. The fourth-order valence-electron chi connectivity index (χ4n) is 9.61. The Labute approximate surface area is 447 Å². The first kappa shape index (κ1) is 69.1. The third kappa shape index (κ3) is 39.1. The lowest BCUT2D eigenvalue weighted by molar-refractivity contribution is -0.303. The molecule has 1 heterocycles. The molecule has 0 saturated carbocycles. The van der Waals surface area contributed by atoms with Gasteiger partial charge in [0, 0.05) is 0 Å². The average Bonchev–Trinajstić information content (AvgIpc) is 3.39. The Morgan fingerprint density at radius 1 is 0.479 bits per heavy atom. The number of aliphatic hydroxyl groups excluding tert-OH is 7. The molecule has 1 saturated heterocycles. The monoisotopic (exact) mass is 1030 g/mol. The molecule has 11 heteroatoms. The number of unbranched alkanes of at least 4 members (excludes halogenated alkanes) is 32. The molecule has 9 atom stereocenters. The van der Waals surface area contributed by atoms with E-state index in [9.17, 15) is 40.5 Å². The number of nitrogens with one attached hydrogen (secondary N) is 1. The molecule has 0 bridgehead atoms. The van der Waals surface area contributed by atoms with E-state index in [0.29, 0.717) is 19.3 Å². The molecular weight excluding hydrogens is 919 g/mol. The zero-order chi connectivity index (χ0) is 53.3. The van der Waals surface area contributed by atoms with E-state index in [1.165, 1.54) is 173 Å². The van der Waals surface area contributed by atoms with Gasteiger partial charge in [-0.2, -0.15) is 0 Å². The van der Waals surface area contributed by atoms with E-state index in [1.807, 2.05) is 0 Å². The Morgan fingerprint density at radius 3 is 1.30 bits per heavy atom. The van der Waals surface area contributed by atoms with Gasteiger partial charge in [0.2, 0.25) is 5.91 Å². The second-order valence-electron chi connectivity index (χ2n) is 21.4.